The van der Waals surface area contributed by atoms with Crippen molar-refractivity contribution in [2.45, 2.75) is 6.54 Å². The van der Waals surface area contributed by atoms with Crippen molar-refractivity contribution in [3.05, 3.63) is 58.1 Å². The quantitative estimate of drug-likeness (QED) is 0.652. The van der Waals surface area contributed by atoms with Gasteiger partial charge < -0.3 is 14.8 Å². The summed E-state index contributed by atoms with van der Waals surface area (Å²) in [6, 6.07) is 11.9. The van der Waals surface area contributed by atoms with Crippen LogP contribution in [0.25, 0.3) is 0 Å². The first kappa shape index (κ1) is 14.6. The van der Waals surface area contributed by atoms with Crippen LogP contribution in [0.5, 0.6) is 11.5 Å². The van der Waals surface area contributed by atoms with Crippen molar-refractivity contribution in [2.24, 2.45) is 0 Å². The molecule has 2 aromatic rings. The van der Waals surface area contributed by atoms with Crippen LogP contribution in [0.2, 0.25) is 0 Å². The number of nitrogens with one attached hydrogen (secondary N) is 1. The Balaban J connectivity index is 2.07. The lowest BCUT2D eigenvalue weighted by atomic mass is 10.2. The van der Waals surface area contributed by atoms with Crippen LogP contribution in [-0.4, -0.2) is 19.1 Å². The minimum atomic E-state index is -0.413. The van der Waals surface area contributed by atoms with E-state index in [-0.39, 0.29) is 5.69 Å². The molecule has 0 aromatic heterocycles. The van der Waals surface area contributed by atoms with Gasteiger partial charge in [0.15, 0.2) is 0 Å². The van der Waals surface area contributed by atoms with E-state index in [1.807, 2.05) is 12.1 Å². The van der Waals surface area contributed by atoms with Crippen molar-refractivity contribution >= 4 is 11.4 Å². The fourth-order valence-electron chi connectivity index (χ4n) is 1.88. The molecule has 0 aliphatic heterocycles. The number of methoxy groups -OCH3 is 2. The average Bonchev–Trinajstić information content (AvgIpc) is 2.53. The summed E-state index contributed by atoms with van der Waals surface area (Å²) in [5.74, 6) is 1.39. The summed E-state index contributed by atoms with van der Waals surface area (Å²) >= 11 is 0. The third kappa shape index (κ3) is 3.62. The van der Waals surface area contributed by atoms with E-state index >= 15 is 0 Å². The second-order valence-corrected chi connectivity index (χ2v) is 4.34. The van der Waals surface area contributed by atoms with E-state index in [9.17, 15) is 10.1 Å². The standard InChI is InChI=1S/C15H16N2O4/c1-20-13-7-8-14(15(9-13)21-2)16-10-11-3-5-12(6-4-11)17(18)19/h3-9,16H,10H2,1-2H3. The number of nitrogens with zero attached hydrogens (tertiary/aromatic N) is 1. The van der Waals surface area contributed by atoms with Crippen molar-refractivity contribution in [1.82, 2.24) is 0 Å². The van der Waals surface area contributed by atoms with Gasteiger partial charge in [-0.25, -0.2) is 0 Å². The van der Waals surface area contributed by atoms with Crippen molar-refractivity contribution in [1.29, 1.82) is 0 Å². The molecule has 0 heterocycles. The van der Waals surface area contributed by atoms with Crippen LogP contribution in [0.3, 0.4) is 0 Å². The minimum absolute atomic E-state index is 0.0841. The van der Waals surface area contributed by atoms with E-state index in [4.69, 9.17) is 9.47 Å². The molecule has 0 spiro atoms. The molecule has 0 saturated carbocycles. The third-order valence-electron chi connectivity index (χ3n) is 3.04. The molecule has 0 amide bonds. The van der Waals surface area contributed by atoms with Gasteiger partial charge in [0.1, 0.15) is 11.5 Å². The highest BCUT2D eigenvalue weighted by molar-refractivity contribution is 5.59. The molecule has 6 heteroatoms. The van der Waals surface area contributed by atoms with E-state index in [1.54, 1.807) is 32.4 Å². The Morgan fingerprint density at radius 1 is 1.10 bits per heavy atom. The Labute approximate surface area is 122 Å². The van der Waals surface area contributed by atoms with Crippen molar-refractivity contribution < 1.29 is 14.4 Å². The first-order valence-corrected chi connectivity index (χ1v) is 6.33. The first-order valence-electron chi connectivity index (χ1n) is 6.33. The molecule has 110 valence electrons. The van der Waals surface area contributed by atoms with Gasteiger partial charge in [0.25, 0.3) is 5.69 Å². The molecule has 21 heavy (non-hydrogen) atoms. The number of non-ortho nitro benzene ring substituents is 1. The van der Waals surface area contributed by atoms with Crippen LogP contribution < -0.4 is 14.8 Å². The van der Waals surface area contributed by atoms with Crippen LogP contribution >= 0.6 is 0 Å². The number of anilines is 1. The van der Waals surface area contributed by atoms with Crippen LogP contribution in [0.4, 0.5) is 11.4 Å². The normalized spacial score (nSPS) is 10.0. The van der Waals surface area contributed by atoms with E-state index in [1.165, 1.54) is 12.1 Å². The summed E-state index contributed by atoms with van der Waals surface area (Å²) in [5.41, 5.74) is 1.86. The zero-order valence-electron chi connectivity index (χ0n) is 11.8. The van der Waals surface area contributed by atoms with Crippen LogP contribution in [-0.2, 0) is 6.54 Å². The average molecular weight is 288 g/mol. The SMILES string of the molecule is COc1ccc(NCc2ccc([N+](=O)[O-])cc2)c(OC)c1. The highest BCUT2D eigenvalue weighted by Gasteiger charge is 2.06. The topological polar surface area (TPSA) is 73.6 Å². The molecule has 6 nitrogen and oxygen atoms in total. The van der Waals surface area contributed by atoms with Crippen molar-refractivity contribution in [3.63, 3.8) is 0 Å². The lowest BCUT2D eigenvalue weighted by Gasteiger charge is -2.12. The molecule has 0 saturated heterocycles. The van der Waals surface area contributed by atoms with Gasteiger partial charge in [0.05, 0.1) is 24.8 Å². The molecule has 0 atom stereocenters. The predicted molar refractivity (Wildman–Crippen MR) is 80.0 cm³/mol. The van der Waals surface area contributed by atoms with Crippen molar-refractivity contribution in [2.75, 3.05) is 19.5 Å². The van der Waals surface area contributed by atoms with Gasteiger partial charge in [-0.05, 0) is 17.7 Å². The molecular weight excluding hydrogens is 272 g/mol. The fraction of sp³-hybridized carbons (Fsp3) is 0.200. The first-order chi connectivity index (χ1) is 10.1. The summed E-state index contributed by atoms with van der Waals surface area (Å²) in [4.78, 5) is 10.2. The third-order valence-corrected chi connectivity index (χ3v) is 3.04. The van der Waals surface area contributed by atoms with E-state index in [0.717, 1.165) is 11.3 Å². The number of nitro groups is 1. The van der Waals surface area contributed by atoms with Crippen LogP contribution in [0.15, 0.2) is 42.5 Å². The maximum Gasteiger partial charge on any atom is 0.269 e. The second kappa shape index (κ2) is 6.60. The molecular formula is C15H16N2O4. The molecule has 0 unspecified atom stereocenters. The molecule has 0 bridgehead atoms. The Bertz CT molecular complexity index is 626. The number of hydrogen-bond acceptors (Lipinski definition) is 5. The smallest absolute Gasteiger partial charge is 0.269 e. The molecule has 2 rings (SSSR count). The van der Waals surface area contributed by atoms with Gasteiger partial charge in [-0.2, -0.15) is 0 Å². The largest absolute Gasteiger partial charge is 0.497 e. The van der Waals surface area contributed by atoms with Crippen molar-refractivity contribution in [3.8, 4) is 11.5 Å². The summed E-state index contributed by atoms with van der Waals surface area (Å²) in [6.07, 6.45) is 0. The number of hydrogen-bond donors (Lipinski definition) is 1. The number of nitro benzene ring substituents is 1. The zero-order chi connectivity index (χ0) is 15.2. The van der Waals surface area contributed by atoms with Gasteiger partial charge in [0, 0.05) is 24.7 Å². The molecule has 0 fully saturated rings. The Morgan fingerprint density at radius 2 is 1.81 bits per heavy atom. The lowest BCUT2D eigenvalue weighted by molar-refractivity contribution is -0.384. The Kier molecular flexibility index (Phi) is 4.61. The number of ether oxygens (including phenoxy) is 2. The summed E-state index contributed by atoms with van der Waals surface area (Å²) in [7, 11) is 3.19. The maximum absolute atomic E-state index is 10.6. The molecule has 0 radical (unpaired) electrons. The van der Waals surface area contributed by atoms with Crippen LogP contribution in [0, 0.1) is 10.1 Å². The fourth-order valence-corrected chi connectivity index (χ4v) is 1.88. The summed E-state index contributed by atoms with van der Waals surface area (Å²) < 4.78 is 10.4. The van der Waals surface area contributed by atoms with Gasteiger partial charge in [-0.1, -0.05) is 12.1 Å². The maximum atomic E-state index is 10.6. The highest BCUT2D eigenvalue weighted by Crippen LogP contribution is 2.29. The molecule has 0 aliphatic carbocycles. The summed E-state index contributed by atoms with van der Waals surface area (Å²) in [5, 5.41) is 13.8. The Morgan fingerprint density at radius 3 is 2.38 bits per heavy atom. The van der Waals surface area contributed by atoms with Gasteiger partial charge in [-0.3, -0.25) is 10.1 Å². The van der Waals surface area contributed by atoms with Gasteiger partial charge >= 0.3 is 0 Å². The van der Waals surface area contributed by atoms with E-state index in [0.29, 0.717) is 18.0 Å². The highest BCUT2D eigenvalue weighted by atomic mass is 16.6. The van der Waals surface area contributed by atoms with Gasteiger partial charge in [0.2, 0.25) is 0 Å². The van der Waals surface area contributed by atoms with Gasteiger partial charge in [-0.15, -0.1) is 0 Å². The van der Waals surface area contributed by atoms with E-state index < -0.39 is 4.92 Å². The lowest BCUT2D eigenvalue weighted by Crippen LogP contribution is -2.01. The molecule has 2 aromatic carbocycles. The van der Waals surface area contributed by atoms with E-state index in [2.05, 4.69) is 5.32 Å². The Hall–Kier alpha value is -2.76. The number of benzene rings is 2. The monoisotopic (exact) mass is 288 g/mol. The minimum Gasteiger partial charge on any atom is -0.497 e. The molecule has 1 N–H and O–H groups in total. The number of rotatable bonds is 6. The second-order valence-electron chi connectivity index (χ2n) is 4.34. The summed E-state index contributed by atoms with van der Waals surface area (Å²) in [6.45, 7) is 0.542. The zero-order valence-corrected chi connectivity index (χ0v) is 11.8. The molecule has 0 aliphatic rings. The predicted octanol–water partition coefficient (Wildman–Crippen LogP) is 3.22. The van der Waals surface area contributed by atoms with Crippen LogP contribution in [0.1, 0.15) is 5.56 Å².